The summed E-state index contributed by atoms with van der Waals surface area (Å²) in [5.74, 6) is 3.96. The van der Waals surface area contributed by atoms with Gasteiger partial charge >= 0.3 is 6.09 Å². The molecule has 3 unspecified atom stereocenters. The molecule has 0 aromatic carbocycles. The number of nitrogens with one attached hydrogen (secondary N) is 1. The zero-order valence-electron chi connectivity index (χ0n) is 10.9. The second-order valence-corrected chi connectivity index (χ2v) is 6.24. The first kappa shape index (κ1) is 12.3. The largest absolute Gasteiger partial charge is 0.444 e. The number of carbonyl (C=O) groups is 1. The smallest absolute Gasteiger partial charge is 0.408 e. The summed E-state index contributed by atoms with van der Waals surface area (Å²) < 4.78 is 5.27. The molecular weight excluding hydrogens is 214 g/mol. The first-order valence-corrected chi connectivity index (χ1v) is 6.35. The second-order valence-electron chi connectivity index (χ2n) is 6.24. The van der Waals surface area contributed by atoms with Crippen molar-refractivity contribution in [1.82, 2.24) is 5.32 Å². The zero-order valence-corrected chi connectivity index (χ0v) is 10.9. The van der Waals surface area contributed by atoms with Gasteiger partial charge in [-0.3, -0.25) is 0 Å². The van der Waals surface area contributed by atoms with Crippen molar-refractivity contribution in [3.05, 3.63) is 0 Å². The maximum Gasteiger partial charge on any atom is 0.408 e. The first-order valence-electron chi connectivity index (χ1n) is 6.35. The fraction of sp³-hybridized carbons (Fsp3) is 0.786. The van der Waals surface area contributed by atoms with Crippen LogP contribution >= 0.6 is 0 Å². The average Bonchev–Trinajstić information content (AvgIpc) is 2.54. The molecule has 1 N–H and O–H groups in total. The highest BCUT2D eigenvalue weighted by atomic mass is 16.6. The fourth-order valence-electron chi connectivity index (χ4n) is 3.17. The van der Waals surface area contributed by atoms with E-state index in [9.17, 15) is 4.79 Å². The lowest BCUT2D eigenvalue weighted by Gasteiger charge is -2.49. The number of ether oxygens (including phenoxy) is 1. The van der Waals surface area contributed by atoms with E-state index in [1.165, 1.54) is 12.8 Å². The maximum absolute atomic E-state index is 11.8. The number of terminal acetylenes is 1. The Bertz CT molecular complexity index is 363. The minimum atomic E-state index is -0.474. The summed E-state index contributed by atoms with van der Waals surface area (Å²) in [6.07, 6.45) is 9.75. The summed E-state index contributed by atoms with van der Waals surface area (Å²) in [6, 6.07) is 0. The van der Waals surface area contributed by atoms with E-state index in [0.717, 1.165) is 12.8 Å². The van der Waals surface area contributed by atoms with E-state index in [2.05, 4.69) is 11.2 Å². The third kappa shape index (κ3) is 2.26. The molecule has 0 aromatic rings. The van der Waals surface area contributed by atoms with Gasteiger partial charge in [-0.2, -0.15) is 0 Å². The summed E-state index contributed by atoms with van der Waals surface area (Å²) in [6.45, 7) is 5.57. The quantitative estimate of drug-likeness (QED) is 0.710. The molecule has 0 bridgehead atoms. The topological polar surface area (TPSA) is 38.3 Å². The van der Waals surface area contributed by atoms with Gasteiger partial charge in [0.2, 0.25) is 0 Å². The van der Waals surface area contributed by atoms with Gasteiger partial charge in [-0.15, -0.1) is 6.42 Å². The number of fused-ring (bicyclic) bond motifs is 1. The molecule has 2 aliphatic rings. The summed E-state index contributed by atoms with van der Waals surface area (Å²) in [5, 5.41) is 2.91. The van der Waals surface area contributed by atoms with Crippen molar-refractivity contribution < 1.29 is 9.53 Å². The van der Waals surface area contributed by atoms with Crippen LogP contribution in [-0.2, 0) is 4.74 Å². The van der Waals surface area contributed by atoms with Crippen molar-refractivity contribution >= 4 is 6.09 Å². The summed E-state index contributed by atoms with van der Waals surface area (Å²) >= 11 is 0. The van der Waals surface area contributed by atoms with Crippen molar-refractivity contribution in [3.63, 3.8) is 0 Å². The molecule has 0 aromatic heterocycles. The van der Waals surface area contributed by atoms with Gasteiger partial charge in [0.15, 0.2) is 0 Å². The normalized spacial score (nSPS) is 35.4. The Morgan fingerprint density at radius 3 is 2.71 bits per heavy atom. The van der Waals surface area contributed by atoms with Crippen LogP contribution in [0.5, 0.6) is 0 Å². The Hall–Kier alpha value is -1.17. The third-order valence-corrected chi connectivity index (χ3v) is 3.86. The molecule has 94 valence electrons. The zero-order chi connectivity index (χ0) is 12.7. The number of amides is 1. The average molecular weight is 235 g/mol. The molecular formula is C14H21NO2. The Balaban J connectivity index is 1.98. The van der Waals surface area contributed by atoms with E-state index in [-0.39, 0.29) is 6.09 Å². The lowest BCUT2D eigenvalue weighted by Crippen LogP contribution is -2.62. The van der Waals surface area contributed by atoms with Crippen LogP contribution in [0.15, 0.2) is 0 Å². The summed E-state index contributed by atoms with van der Waals surface area (Å²) in [4.78, 5) is 11.8. The van der Waals surface area contributed by atoms with Crippen molar-refractivity contribution in [2.75, 3.05) is 0 Å². The molecule has 0 spiro atoms. The van der Waals surface area contributed by atoms with Crippen molar-refractivity contribution in [2.45, 2.75) is 57.6 Å². The Kier molecular flexibility index (Phi) is 2.85. The van der Waals surface area contributed by atoms with Gasteiger partial charge in [0.1, 0.15) is 11.1 Å². The van der Waals surface area contributed by atoms with Gasteiger partial charge in [-0.1, -0.05) is 12.3 Å². The van der Waals surface area contributed by atoms with Crippen LogP contribution in [0.1, 0.15) is 46.5 Å². The number of alkyl carbamates (subject to hydrolysis) is 1. The molecule has 1 amide bonds. The highest BCUT2D eigenvalue weighted by molar-refractivity contribution is 5.70. The molecule has 2 aliphatic carbocycles. The fourth-order valence-corrected chi connectivity index (χ4v) is 3.17. The van der Waals surface area contributed by atoms with Gasteiger partial charge in [0, 0.05) is 0 Å². The third-order valence-electron chi connectivity index (χ3n) is 3.86. The Labute approximate surface area is 103 Å². The number of hydrogen-bond acceptors (Lipinski definition) is 2. The van der Waals surface area contributed by atoms with Crippen LogP contribution in [0.25, 0.3) is 0 Å². The number of hydrogen-bond donors (Lipinski definition) is 1. The minimum Gasteiger partial charge on any atom is -0.444 e. The molecule has 0 aliphatic heterocycles. The van der Waals surface area contributed by atoms with Crippen molar-refractivity contribution in [2.24, 2.45) is 11.8 Å². The summed E-state index contributed by atoms with van der Waals surface area (Å²) in [7, 11) is 0. The lowest BCUT2D eigenvalue weighted by atomic mass is 9.61. The standard InChI is InChI=1S/C14H21NO2/c1-5-14(9-10-7-6-8-11(10)14)15-12(16)17-13(2,3)4/h1,10-11H,6-9H2,2-4H3,(H,15,16). The van der Waals surface area contributed by atoms with Gasteiger partial charge in [-0.25, -0.2) is 4.79 Å². The summed E-state index contributed by atoms with van der Waals surface area (Å²) in [5.41, 5.74) is -0.914. The number of rotatable bonds is 1. The predicted molar refractivity (Wildman–Crippen MR) is 66.4 cm³/mol. The van der Waals surface area contributed by atoms with Crippen molar-refractivity contribution in [1.29, 1.82) is 0 Å². The lowest BCUT2D eigenvalue weighted by molar-refractivity contribution is 0.0242. The number of carbonyl (C=O) groups excluding carboxylic acids is 1. The molecule has 3 nitrogen and oxygen atoms in total. The molecule has 3 atom stereocenters. The van der Waals surface area contributed by atoms with Gasteiger partial charge in [0.05, 0.1) is 0 Å². The van der Waals surface area contributed by atoms with Crippen LogP contribution in [0.3, 0.4) is 0 Å². The molecule has 2 rings (SSSR count). The highest BCUT2D eigenvalue weighted by Crippen LogP contribution is 2.53. The van der Waals surface area contributed by atoms with Crippen LogP contribution in [0.4, 0.5) is 4.79 Å². The van der Waals surface area contributed by atoms with E-state index in [4.69, 9.17) is 11.2 Å². The molecule has 3 heteroatoms. The van der Waals surface area contributed by atoms with E-state index in [1.54, 1.807) is 0 Å². The van der Waals surface area contributed by atoms with Crippen LogP contribution < -0.4 is 5.32 Å². The van der Waals surface area contributed by atoms with Gasteiger partial charge < -0.3 is 10.1 Å². The molecule has 2 fully saturated rings. The highest BCUT2D eigenvalue weighted by Gasteiger charge is 2.55. The van der Waals surface area contributed by atoms with E-state index >= 15 is 0 Å². The second kappa shape index (κ2) is 3.94. The van der Waals surface area contributed by atoms with Gasteiger partial charge in [-0.05, 0) is 51.9 Å². The molecule has 2 saturated carbocycles. The molecule has 0 radical (unpaired) electrons. The van der Waals surface area contributed by atoms with Crippen LogP contribution in [-0.4, -0.2) is 17.2 Å². The predicted octanol–water partition coefficient (Wildman–Crippen LogP) is 2.70. The monoisotopic (exact) mass is 235 g/mol. The molecule has 0 saturated heterocycles. The van der Waals surface area contributed by atoms with Crippen LogP contribution in [0, 0.1) is 24.2 Å². The minimum absolute atomic E-state index is 0.388. The SMILES string of the molecule is C#CC1(NC(=O)OC(C)(C)C)CC2CCCC21. The maximum atomic E-state index is 11.8. The first-order chi connectivity index (χ1) is 7.86. The Morgan fingerprint density at radius 1 is 1.47 bits per heavy atom. The van der Waals surface area contributed by atoms with Crippen molar-refractivity contribution in [3.8, 4) is 12.3 Å². The van der Waals surface area contributed by atoms with E-state index < -0.39 is 11.1 Å². The molecule has 17 heavy (non-hydrogen) atoms. The van der Waals surface area contributed by atoms with E-state index in [0.29, 0.717) is 11.8 Å². The Morgan fingerprint density at radius 2 is 2.18 bits per heavy atom. The molecule has 0 heterocycles. The van der Waals surface area contributed by atoms with E-state index in [1.807, 2.05) is 20.8 Å². The van der Waals surface area contributed by atoms with Gasteiger partial charge in [0.25, 0.3) is 0 Å². The van der Waals surface area contributed by atoms with Crippen LogP contribution in [0.2, 0.25) is 0 Å².